The predicted molar refractivity (Wildman–Crippen MR) is 100 cm³/mol. The molecule has 8 heteroatoms. The molecule has 0 aliphatic carbocycles. The molecule has 0 saturated heterocycles. The van der Waals surface area contributed by atoms with Crippen LogP contribution in [0.4, 0.5) is 10.1 Å². The Morgan fingerprint density at radius 2 is 1.96 bits per heavy atom. The molecule has 3 heterocycles. The quantitative estimate of drug-likeness (QED) is 0.682. The maximum atomic E-state index is 14.2. The van der Waals surface area contributed by atoms with Gasteiger partial charge in [-0.15, -0.1) is 0 Å². The van der Waals surface area contributed by atoms with Crippen LogP contribution in [0.1, 0.15) is 24.2 Å². The smallest absolute Gasteiger partial charge is 0.197 e. The predicted octanol–water partition coefficient (Wildman–Crippen LogP) is 3.86. The molecule has 0 fully saturated rings. The highest BCUT2D eigenvalue weighted by Crippen LogP contribution is 2.39. The highest BCUT2D eigenvalue weighted by Gasteiger charge is 2.28. The Kier molecular flexibility index (Phi) is 4.61. The number of halogens is 2. The lowest BCUT2D eigenvalue weighted by atomic mass is 9.98. The van der Waals surface area contributed by atoms with Crippen LogP contribution in [-0.4, -0.2) is 33.6 Å². The highest BCUT2D eigenvalue weighted by molar-refractivity contribution is 6.33. The van der Waals surface area contributed by atoms with Crippen molar-refractivity contribution >= 4 is 17.3 Å². The standard InChI is InChI=1S/C19H17ClFN5O/c1-11-13-10-24-19(18-22-5-3-6-23-18)25-15(13)4-7-26(11)16-9-12(27-2)8-14(21)17(16)20/h3,5-6,8-11H,4,7H2,1-2H3. The number of fused-ring (bicyclic) bond motifs is 1. The van der Waals surface area contributed by atoms with Crippen LogP contribution in [0, 0.1) is 5.82 Å². The molecule has 1 aliphatic rings. The van der Waals surface area contributed by atoms with Gasteiger partial charge >= 0.3 is 0 Å². The minimum absolute atomic E-state index is 0.0662. The van der Waals surface area contributed by atoms with E-state index in [1.165, 1.54) is 13.2 Å². The first-order valence-corrected chi connectivity index (χ1v) is 8.89. The first kappa shape index (κ1) is 17.6. The summed E-state index contributed by atoms with van der Waals surface area (Å²) in [4.78, 5) is 19.5. The third-order valence-corrected chi connectivity index (χ3v) is 5.07. The fourth-order valence-electron chi connectivity index (χ4n) is 3.29. The molecule has 1 atom stereocenters. The molecule has 0 bridgehead atoms. The topological polar surface area (TPSA) is 64.0 Å². The van der Waals surface area contributed by atoms with Gasteiger partial charge in [-0.25, -0.2) is 24.3 Å². The van der Waals surface area contributed by atoms with Crippen LogP contribution in [0.15, 0.2) is 36.8 Å². The van der Waals surface area contributed by atoms with E-state index < -0.39 is 5.82 Å². The van der Waals surface area contributed by atoms with E-state index in [2.05, 4.69) is 19.9 Å². The van der Waals surface area contributed by atoms with Gasteiger partial charge in [-0.2, -0.15) is 0 Å². The van der Waals surface area contributed by atoms with Crippen LogP contribution >= 0.6 is 11.6 Å². The van der Waals surface area contributed by atoms with Gasteiger partial charge in [0.05, 0.1) is 29.6 Å². The minimum atomic E-state index is -0.503. The molecule has 0 radical (unpaired) electrons. The van der Waals surface area contributed by atoms with Gasteiger partial charge in [0.2, 0.25) is 0 Å². The number of ether oxygens (including phenoxy) is 1. The van der Waals surface area contributed by atoms with Gasteiger partial charge < -0.3 is 9.64 Å². The number of rotatable bonds is 3. The van der Waals surface area contributed by atoms with Gasteiger partial charge in [-0.1, -0.05) is 11.6 Å². The van der Waals surface area contributed by atoms with E-state index >= 15 is 0 Å². The summed E-state index contributed by atoms with van der Waals surface area (Å²) in [6.07, 6.45) is 5.79. The van der Waals surface area contributed by atoms with Crippen LogP contribution < -0.4 is 9.64 Å². The number of hydrogen-bond donors (Lipinski definition) is 0. The average Bonchev–Trinajstić information content (AvgIpc) is 2.71. The monoisotopic (exact) mass is 385 g/mol. The van der Waals surface area contributed by atoms with Crippen molar-refractivity contribution in [3.63, 3.8) is 0 Å². The summed E-state index contributed by atoms with van der Waals surface area (Å²) in [5, 5.41) is 0.0846. The molecule has 4 rings (SSSR count). The zero-order valence-electron chi connectivity index (χ0n) is 14.9. The first-order chi connectivity index (χ1) is 13.1. The lowest BCUT2D eigenvalue weighted by Gasteiger charge is -2.37. The van der Waals surface area contributed by atoms with E-state index in [-0.39, 0.29) is 11.1 Å². The molecule has 0 N–H and O–H groups in total. The van der Waals surface area contributed by atoms with Crippen LogP contribution in [0.2, 0.25) is 5.02 Å². The Labute approximate surface area is 161 Å². The molecule has 0 spiro atoms. The SMILES string of the molecule is COc1cc(F)c(Cl)c(N2CCc3nc(-c4ncccn4)ncc3C2C)c1. The first-order valence-electron chi connectivity index (χ1n) is 8.51. The summed E-state index contributed by atoms with van der Waals surface area (Å²) in [6.45, 7) is 2.67. The molecule has 1 aliphatic heterocycles. The zero-order chi connectivity index (χ0) is 19.0. The van der Waals surface area contributed by atoms with Crippen LogP contribution in [0.5, 0.6) is 5.75 Å². The normalized spacial score (nSPS) is 16.1. The molecular weight excluding hydrogens is 369 g/mol. The lowest BCUT2D eigenvalue weighted by molar-refractivity contribution is 0.411. The second-order valence-electron chi connectivity index (χ2n) is 6.23. The van der Waals surface area contributed by atoms with Crippen molar-refractivity contribution < 1.29 is 9.13 Å². The summed E-state index contributed by atoms with van der Waals surface area (Å²) >= 11 is 6.23. The zero-order valence-corrected chi connectivity index (χ0v) is 15.6. The van der Waals surface area contributed by atoms with Crippen molar-refractivity contribution in [3.05, 3.63) is 58.9 Å². The number of hydrogen-bond acceptors (Lipinski definition) is 6. The van der Waals surface area contributed by atoms with E-state index in [1.54, 1.807) is 30.7 Å². The summed E-state index contributed by atoms with van der Waals surface area (Å²) in [6, 6.07) is 4.71. The molecule has 1 unspecified atom stereocenters. The second-order valence-corrected chi connectivity index (χ2v) is 6.61. The summed E-state index contributed by atoms with van der Waals surface area (Å²) in [7, 11) is 1.50. The second kappa shape index (κ2) is 7.08. The number of methoxy groups -OCH3 is 1. The van der Waals surface area contributed by atoms with Gasteiger partial charge in [0.15, 0.2) is 11.6 Å². The lowest BCUT2D eigenvalue weighted by Crippen LogP contribution is -2.35. The third kappa shape index (κ3) is 3.19. The van der Waals surface area contributed by atoms with E-state index in [9.17, 15) is 4.39 Å². The molecule has 2 aromatic heterocycles. The van der Waals surface area contributed by atoms with Crippen molar-refractivity contribution in [2.75, 3.05) is 18.6 Å². The Morgan fingerprint density at radius 1 is 1.19 bits per heavy atom. The Bertz CT molecular complexity index is 985. The molecule has 138 valence electrons. The molecule has 6 nitrogen and oxygen atoms in total. The molecule has 3 aromatic rings. The fraction of sp³-hybridized carbons (Fsp3) is 0.263. The van der Waals surface area contributed by atoms with Gasteiger partial charge in [0.25, 0.3) is 0 Å². The van der Waals surface area contributed by atoms with Crippen molar-refractivity contribution in [1.29, 1.82) is 0 Å². The molecule has 1 aromatic carbocycles. The van der Waals surface area contributed by atoms with E-state index in [4.69, 9.17) is 16.3 Å². The number of benzene rings is 1. The van der Waals surface area contributed by atoms with Crippen molar-refractivity contribution in [3.8, 4) is 17.4 Å². The van der Waals surface area contributed by atoms with E-state index in [1.807, 2.05) is 11.8 Å². The van der Waals surface area contributed by atoms with Crippen molar-refractivity contribution in [1.82, 2.24) is 19.9 Å². The summed E-state index contributed by atoms with van der Waals surface area (Å²) in [5.74, 6) is 0.920. The third-order valence-electron chi connectivity index (χ3n) is 4.70. The van der Waals surface area contributed by atoms with Gasteiger partial charge in [-0.3, -0.25) is 0 Å². The largest absolute Gasteiger partial charge is 0.497 e. The number of aromatic nitrogens is 4. The number of nitrogens with zero attached hydrogens (tertiary/aromatic N) is 5. The van der Waals surface area contributed by atoms with E-state index in [0.29, 0.717) is 36.1 Å². The molecule has 0 amide bonds. The fourth-order valence-corrected chi connectivity index (χ4v) is 3.51. The van der Waals surface area contributed by atoms with E-state index in [0.717, 1.165) is 11.3 Å². The minimum Gasteiger partial charge on any atom is -0.497 e. The average molecular weight is 386 g/mol. The Balaban J connectivity index is 1.70. The number of anilines is 1. The maximum absolute atomic E-state index is 14.2. The van der Waals surface area contributed by atoms with Crippen LogP contribution in [0.25, 0.3) is 11.6 Å². The van der Waals surface area contributed by atoms with Crippen LogP contribution in [0.3, 0.4) is 0 Å². The summed E-state index contributed by atoms with van der Waals surface area (Å²) < 4.78 is 19.4. The summed E-state index contributed by atoms with van der Waals surface area (Å²) in [5.41, 5.74) is 2.51. The highest BCUT2D eigenvalue weighted by atomic mass is 35.5. The maximum Gasteiger partial charge on any atom is 0.197 e. The molecular formula is C19H17ClFN5O. The molecule has 0 saturated carbocycles. The Hall–Kier alpha value is -2.80. The van der Waals surface area contributed by atoms with Crippen molar-refractivity contribution in [2.24, 2.45) is 0 Å². The van der Waals surface area contributed by atoms with Gasteiger partial charge in [0, 0.05) is 49.3 Å². The Morgan fingerprint density at radius 3 is 2.70 bits per heavy atom. The van der Waals surface area contributed by atoms with Crippen molar-refractivity contribution in [2.45, 2.75) is 19.4 Å². The van der Waals surface area contributed by atoms with Gasteiger partial charge in [0.1, 0.15) is 11.6 Å². The van der Waals surface area contributed by atoms with Crippen LogP contribution in [-0.2, 0) is 6.42 Å². The molecule has 27 heavy (non-hydrogen) atoms. The van der Waals surface area contributed by atoms with Gasteiger partial charge in [-0.05, 0) is 13.0 Å².